The van der Waals surface area contributed by atoms with Crippen molar-refractivity contribution in [1.29, 1.82) is 5.26 Å². The number of Topliss-reactive ketones (excluding diaryl/α,β-unsaturated/α-hetero) is 1. The molecule has 8 heteroatoms. The maximum Gasteiger partial charge on any atom is 0.416 e. The van der Waals surface area contributed by atoms with Crippen molar-refractivity contribution in [3.63, 3.8) is 0 Å². The van der Waals surface area contributed by atoms with Gasteiger partial charge in [0.25, 0.3) is 0 Å². The van der Waals surface area contributed by atoms with Gasteiger partial charge in [0.05, 0.1) is 23.1 Å². The summed E-state index contributed by atoms with van der Waals surface area (Å²) in [6.07, 6.45) is -3.12. The molecular formula is C25H24F3N3OS. The summed E-state index contributed by atoms with van der Waals surface area (Å²) in [7, 11) is 0. The van der Waals surface area contributed by atoms with Crippen LogP contribution < -0.4 is 10.6 Å². The lowest BCUT2D eigenvalue weighted by Crippen LogP contribution is -2.38. The van der Waals surface area contributed by atoms with Gasteiger partial charge in [-0.15, -0.1) is 11.3 Å². The number of hydrogen-bond acceptors (Lipinski definition) is 5. The molecule has 0 spiro atoms. The van der Waals surface area contributed by atoms with Crippen LogP contribution in [0.2, 0.25) is 0 Å². The Kier molecular flexibility index (Phi) is 5.65. The summed E-state index contributed by atoms with van der Waals surface area (Å²) in [5, 5.41) is 10.1. The van der Waals surface area contributed by atoms with Crippen LogP contribution in [0, 0.1) is 11.3 Å². The van der Waals surface area contributed by atoms with Gasteiger partial charge < -0.3 is 5.73 Å². The van der Waals surface area contributed by atoms with E-state index in [-0.39, 0.29) is 28.3 Å². The summed E-state index contributed by atoms with van der Waals surface area (Å²) in [5.74, 6) is -0.633. The van der Waals surface area contributed by atoms with E-state index in [1.54, 1.807) is 0 Å². The lowest BCUT2D eigenvalue weighted by Gasteiger charge is -2.39. The van der Waals surface area contributed by atoms with Gasteiger partial charge in [0, 0.05) is 33.1 Å². The topological polar surface area (TPSA) is 70.1 Å². The maximum absolute atomic E-state index is 13.4. The summed E-state index contributed by atoms with van der Waals surface area (Å²) in [4.78, 5) is 16.6. The minimum absolute atomic E-state index is 0.0704. The average molecular weight is 472 g/mol. The molecule has 0 unspecified atom stereocenters. The highest BCUT2D eigenvalue weighted by Crippen LogP contribution is 2.48. The van der Waals surface area contributed by atoms with Crippen molar-refractivity contribution in [2.45, 2.75) is 57.5 Å². The molecule has 1 aliphatic carbocycles. The summed E-state index contributed by atoms with van der Waals surface area (Å²) in [6.45, 7) is 6.26. The summed E-state index contributed by atoms with van der Waals surface area (Å²) in [5.41, 5.74) is 6.97. The number of carbonyl (C=O) groups excluding carboxylic acids is 1. The molecule has 4 nitrogen and oxygen atoms in total. The molecule has 2 heterocycles. The van der Waals surface area contributed by atoms with E-state index in [1.165, 1.54) is 28.4 Å². The van der Waals surface area contributed by atoms with E-state index in [0.29, 0.717) is 30.5 Å². The molecule has 0 saturated carbocycles. The van der Waals surface area contributed by atoms with Gasteiger partial charge in [-0.25, -0.2) is 0 Å². The predicted octanol–water partition coefficient (Wildman–Crippen LogP) is 6.37. The van der Waals surface area contributed by atoms with Crippen molar-refractivity contribution in [3.05, 3.63) is 74.4 Å². The molecule has 0 fully saturated rings. The fourth-order valence-electron chi connectivity index (χ4n) is 4.40. The molecule has 2 aliphatic rings. The molecular weight excluding hydrogens is 447 g/mol. The van der Waals surface area contributed by atoms with Crippen LogP contribution in [0.1, 0.15) is 61.3 Å². The van der Waals surface area contributed by atoms with Gasteiger partial charge in [0.2, 0.25) is 0 Å². The number of halogens is 3. The second-order valence-electron chi connectivity index (χ2n) is 9.32. The number of anilines is 1. The zero-order valence-electron chi connectivity index (χ0n) is 18.6. The lowest BCUT2D eigenvalue weighted by molar-refractivity contribution is -0.137. The third kappa shape index (κ3) is 4.06. The smallest absolute Gasteiger partial charge is 0.384 e. The molecule has 172 valence electrons. The number of nitrogens with zero attached hydrogens (tertiary/aromatic N) is 2. The molecule has 0 bridgehead atoms. The quantitative estimate of drug-likeness (QED) is 0.553. The van der Waals surface area contributed by atoms with Crippen molar-refractivity contribution in [3.8, 4) is 6.07 Å². The number of alkyl halides is 3. The van der Waals surface area contributed by atoms with E-state index in [0.717, 1.165) is 21.9 Å². The van der Waals surface area contributed by atoms with Gasteiger partial charge in [-0.1, -0.05) is 26.8 Å². The normalized spacial score (nSPS) is 19.6. The molecule has 33 heavy (non-hydrogen) atoms. The highest BCUT2D eigenvalue weighted by molar-refractivity contribution is 7.12. The highest BCUT2D eigenvalue weighted by Gasteiger charge is 2.41. The Bertz CT molecular complexity index is 1220. The average Bonchev–Trinajstić information content (AvgIpc) is 3.23. The van der Waals surface area contributed by atoms with Crippen LogP contribution in [0.25, 0.3) is 0 Å². The molecule has 0 saturated heterocycles. The van der Waals surface area contributed by atoms with E-state index >= 15 is 0 Å². The van der Waals surface area contributed by atoms with Gasteiger partial charge in [-0.05, 0) is 48.6 Å². The van der Waals surface area contributed by atoms with Crippen LogP contribution in [0.3, 0.4) is 0 Å². The molecule has 4 rings (SSSR count). The molecule has 1 aromatic heterocycles. The summed E-state index contributed by atoms with van der Waals surface area (Å²) >= 11 is 1.53. The standard InChI is InChI=1S/C25H24F3N3OS/c1-24(2,3)20-11-10-19(33-20)21-16(13-29)23(30)31(17-8-5-9-18(32)22(17)21)15-7-4-6-14(12-15)25(26,27)28/h4,6-7,10-12,21H,5,8-9,30H2,1-3H3/t21-/m1/s1. The van der Waals surface area contributed by atoms with Crippen LogP contribution in [0.5, 0.6) is 0 Å². The Morgan fingerprint density at radius 1 is 1.15 bits per heavy atom. The van der Waals surface area contributed by atoms with Gasteiger partial charge in [0.15, 0.2) is 5.78 Å². The minimum Gasteiger partial charge on any atom is -0.384 e. The van der Waals surface area contributed by atoms with Crippen LogP contribution in [0.15, 0.2) is 59.1 Å². The Hall–Kier alpha value is -3.05. The Labute approximate surface area is 194 Å². The molecule has 0 amide bonds. The van der Waals surface area contributed by atoms with Crippen molar-refractivity contribution in [1.82, 2.24) is 0 Å². The van der Waals surface area contributed by atoms with E-state index in [9.17, 15) is 23.2 Å². The number of nitriles is 1. The summed E-state index contributed by atoms with van der Waals surface area (Å²) in [6, 6.07) is 10.9. The molecule has 1 aromatic carbocycles. The van der Waals surface area contributed by atoms with Gasteiger partial charge >= 0.3 is 6.18 Å². The van der Waals surface area contributed by atoms with Crippen molar-refractivity contribution >= 4 is 22.8 Å². The van der Waals surface area contributed by atoms with Gasteiger partial charge in [0.1, 0.15) is 5.82 Å². The van der Waals surface area contributed by atoms with Gasteiger partial charge in [-0.3, -0.25) is 9.69 Å². The number of thiophene rings is 1. The number of carbonyl (C=O) groups is 1. The van der Waals surface area contributed by atoms with Crippen LogP contribution in [0.4, 0.5) is 18.9 Å². The number of ketones is 1. The third-order valence-electron chi connectivity index (χ3n) is 6.00. The predicted molar refractivity (Wildman–Crippen MR) is 122 cm³/mol. The van der Waals surface area contributed by atoms with Crippen LogP contribution in [-0.4, -0.2) is 5.78 Å². The fraction of sp³-hybridized carbons (Fsp3) is 0.360. The second kappa shape index (κ2) is 8.07. The molecule has 2 N–H and O–H groups in total. The first kappa shape index (κ1) is 23.1. The largest absolute Gasteiger partial charge is 0.416 e. The van der Waals surface area contributed by atoms with Crippen molar-refractivity contribution in [2.24, 2.45) is 5.73 Å². The number of hydrogen-bond donors (Lipinski definition) is 1. The Balaban J connectivity index is 1.93. The molecule has 1 aliphatic heterocycles. The molecule has 1 atom stereocenters. The highest BCUT2D eigenvalue weighted by atomic mass is 32.1. The molecule has 0 radical (unpaired) electrons. The monoisotopic (exact) mass is 471 g/mol. The number of rotatable bonds is 2. The van der Waals surface area contributed by atoms with E-state index in [1.807, 2.05) is 12.1 Å². The first-order valence-corrected chi connectivity index (χ1v) is 11.5. The first-order chi connectivity index (χ1) is 15.4. The Morgan fingerprint density at radius 2 is 1.88 bits per heavy atom. The second-order valence-corrected chi connectivity index (χ2v) is 10.4. The van der Waals surface area contributed by atoms with Crippen LogP contribution in [-0.2, 0) is 16.4 Å². The fourth-order valence-corrected chi connectivity index (χ4v) is 5.58. The van der Waals surface area contributed by atoms with Crippen molar-refractivity contribution in [2.75, 3.05) is 4.90 Å². The SMILES string of the molecule is CC(C)(C)c1ccc([C@H]2C(C#N)=C(N)N(c3cccc(C(F)(F)F)c3)C3=C2C(=O)CCC3)s1. The summed E-state index contributed by atoms with van der Waals surface area (Å²) < 4.78 is 40.1. The number of nitrogens with two attached hydrogens (primary N) is 1. The first-order valence-electron chi connectivity index (χ1n) is 10.7. The van der Waals surface area contributed by atoms with E-state index < -0.39 is 17.7 Å². The van der Waals surface area contributed by atoms with E-state index in [4.69, 9.17) is 5.73 Å². The number of allylic oxidation sites excluding steroid dienone is 3. The van der Waals surface area contributed by atoms with Crippen molar-refractivity contribution < 1.29 is 18.0 Å². The number of benzene rings is 1. The minimum atomic E-state index is -4.52. The zero-order chi connectivity index (χ0) is 24.1. The Morgan fingerprint density at radius 3 is 2.48 bits per heavy atom. The zero-order valence-corrected chi connectivity index (χ0v) is 19.4. The molecule has 2 aromatic rings. The maximum atomic E-state index is 13.4. The van der Waals surface area contributed by atoms with Gasteiger partial charge in [-0.2, -0.15) is 18.4 Å². The van der Waals surface area contributed by atoms with E-state index in [2.05, 4.69) is 26.8 Å². The third-order valence-corrected chi connectivity index (χ3v) is 7.57. The lowest BCUT2D eigenvalue weighted by atomic mass is 9.78. The van der Waals surface area contributed by atoms with Crippen LogP contribution >= 0.6 is 11.3 Å².